The van der Waals surface area contributed by atoms with Crippen molar-refractivity contribution in [2.75, 3.05) is 5.32 Å². The number of nitrogens with one attached hydrogen (secondary N) is 1. The topological polar surface area (TPSA) is 66.4 Å². The monoisotopic (exact) mass is 351 g/mol. The summed E-state index contributed by atoms with van der Waals surface area (Å²) in [7, 11) is 0. The highest BCUT2D eigenvalue weighted by atomic mass is 79.9. The second-order valence-corrected chi connectivity index (χ2v) is 5.27. The van der Waals surface area contributed by atoms with Gasteiger partial charge in [-0.05, 0) is 58.7 Å². The normalized spacial score (nSPS) is 10.2. The third-order valence-electron chi connectivity index (χ3n) is 2.91. The zero-order chi connectivity index (χ0) is 15.6. The van der Waals surface area contributed by atoms with Gasteiger partial charge < -0.3 is 10.4 Å². The zero-order valence-corrected chi connectivity index (χ0v) is 12.6. The number of carbonyl (C=O) groups excluding carboxylic acids is 1. The summed E-state index contributed by atoms with van der Waals surface area (Å²) >= 11 is 3.18. The summed E-state index contributed by atoms with van der Waals surface area (Å²) in [6.45, 7) is 1.74. The maximum absolute atomic E-state index is 13.2. The summed E-state index contributed by atoms with van der Waals surface area (Å²) in [6, 6.07) is 8.19. The lowest BCUT2D eigenvalue weighted by molar-refractivity contribution is 0.0696. The minimum absolute atomic E-state index is 0.0641. The molecule has 0 atom stereocenters. The van der Waals surface area contributed by atoms with Crippen LogP contribution in [0.3, 0.4) is 0 Å². The van der Waals surface area contributed by atoms with E-state index in [9.17, 15) is 14.0 Å². The highest BCUT2D eigenvalue weighted by Crippen LogP contribution is 2.22. The number of anilines is 1. The molecule has 21 heavy (non-hydrogen) atoms. The van der Waals surface area contributed by atoms with E-state index in [2.05, 4.69) is 21.2 Å². The number of carbonyl (C=O) groups is 2. The van der Waals surface area contributed by atoms with Crippen LogP contribution in [0.2, 0.25) is 0 Å². The number of carboxylic acid groups (broad SMARTS) is 1. The quantitative estimate of drug-likeness (QED) is 0.882. The Morgan fingerprint density at radius 1 is 1.19 bits per heavy atom. The molecular formula is C15H11BrFNO3. The SMILES string of the molecule is Cc1ccc(C(=O)O)cc1NC(=O)c1cc(F)ccc1Br. The predicted molar refractivity (Wildman–Crippen MR) is 80.2 cm³/mol. The summed E-state index contributed by atoms with van der Waals surface area (Å²) < 4.78 is 13.7. The molecule has 2 N–H and O–H groups in total. The highest BCUT2D eigenvalue weighted by Gasteiger charge is 2.14. The molecule has 6 heteroatoms. The van der Waals surface area contributed by atoms with E-state index in [0.29, 0.717) is 15.7 Å². The molecule has 0 aliphatic carbocycles. The maximum atomic E-state index is 13.2. The van der Waals surface area contributed by atoms with E-state index < -0.39 is 17.7 Å². The van der Waals surface area contributed by atoms with Gasteiger partial charge in [-0.15, -0.1) is 0 Å². The number of amides is 1. The summed E-state index contributed by atoms with van der Waals surface area (Å²) in [4.78, 5) is 23.1. The zero-order valence-electron chi connectivity index (χ0n) is 11.0. The first-order chi connectivity index (χ1) is 9.88. The van der Waals surface area contributed by atoms with E-state index >= 15 is 0 Å². The van der Waals surface area contributed by atoms with E-state index in [1.54, 1.807) is 13.0 Å². The number of rotatable bonds is 3. The molecule has 0 bridgehead atoms. The minimum atomic E-state index is -1.09. The van der Waals surface area contributed by atoms with Crippen molar-refractivity contribution in [2.45, 2.75) is 6.92 Å². The number of hydrogen-bond donors (Lipinski definition) is 2. The first-order valence-corrected chi connectivity index (χ1v) is 6.78. The number of aromatic carboxylic acids is 1. The molecule has 2 rings (SSSR count). The molecule has 0 spiro atoms. The van der Waals surface area contributed by atoms with Crippen LogP contribution in [-0.4, -0.2) is 17.0 Å². The number of aryl methyl sites for hydroxylation is 1. The van der Waals surface area contributed by atoms with E-state index in [4.69, 9.17) is 5.11 Å². The molecule has 2 aromatic rings. The molecule has 0 radical (unpaired) electrons. The third-order valence-corrected chi connectivity index (χ3v) is 3.60. The molecule has 0 aromatic heterocycles. The molecule has 108 valence electrons. The van der Waals surface area contributed by atoms with Crippen LogP contribution in [0.5, 0.6) is 0 Å². The van der Waals surface area contributed by atoms with Crippen LogP contribution in [0.1, 0.15) is 26.3 Å². The van der Waals surface area contributed by atoms with Gasteiger partial charge >= 0.3 is 5.97 Å². The van der Waals surface area contributed by atoms with Crippen LogP contribution in [-0.2, 0) is 0 Å². The van der Waals surface area contributed by atoms with Gasteiger partial charge in [0.1, 0.15) is 5.82 Å². The van der Waals surface area contributed by atoms with Gasteiger partial charge in [0.25, 0.3) is 5.91 Å². The van der Waals surface area contributed by atoms with Crippen LogP contribution < -0.4 is 5.32 Å². The summed E-state index contributed by atoms with van der Waals surface area (Å²) in [5, 5.41) is 11.6. The van der Waals surface area contributed by atoms with E-state index in [1.165, 1.54) is 24.3 Å². The van der Waals surface area contributed by atoms with Crippen molar-refractivity contribution in [3.8, 4) is 0 Å². The molecule has 2 aromatic carbocycles. The van der Waals surface area contributed by atoms with Crippen molar-refractivity contribution in [3.63, 3.8) is 0 Å². The van der Waals surface area contributed by atoms with Crippen molar-refractivity contribution in [3.05, 3.63) is 63.4 Å². The van der Waals surface area contributed by atoms with E-state index in [1.807, 2.05) is 0 Å². The van der Waals surface area contributed by atoms with Crippen molar-refractivity contribution < 1.29 is 19.1 Å². The molecule has 0 saturated carbocycles. The standard InChI is InChI=1S/C15H11BrFNO3/c1-8-2-3-9(15(20)21)6-13(8)18-14(19)11-7-10(17)4-5-12(11)16/h2-7H,1H3,(H,18,19)(H,20,21). The average Bonchev–Trinajstić information content (AvgIpc) is 2.43. The first-order valence-electron chi connectivity index (χ1n) is 5.99. The lowest BCUT2D eigenvalue weighted by Crippen LogP contribution is -2.14. The predicted octanol–water partition coefficient (Wildman–Crippen LogP) is 3.85. The second-order valence-electron chi connectivity index (χ2n) is 4.41. The van der Waals surface area contributed by atoms with Crippen LogP contribution in [0.25, 0.3) is 0 Å². The van der Waals surface area contributed by atoms with Gasteiger partial charge in [0.05, 0.1) is 11.1 Å². The Morgan fingerprint density at radius 2 is 1.90 bits per heavy atom. The fourth-order valence-electron chi connectivity index (χ4n) is 1.75. The average molecular weight is 352 g/mol. The Hall–Kier alpha value is -2.21. The van der Waals surface area contributed by atoms with Gasteiger partial charge in [-0.3, -0.25) is 4.79 Å². The van der Waals surface area contributed by atoms with Crippen LogP contribution in [0, 0.1) is 12.7 Å². The van der Waals surface area contributed by atoms with E-state index in [0.717, 1.165) is 6.07 Å². The lowest BCUT2D eigenvalue weighted by atomic mass is 10.1. The Balaban J connectivity index is 2.33. The molecule has 0 aliphatic heterocycles. The number of hydrogen-bond acceptors (Lipinski definition) is 2. The molecule has 1 amide bonds. The van der Waals surface area contributed by atoms with Gasteiger partial charge in [0.15, 0.2) is 0 Å². The van der Waals surface area contributed by atoms with Crippen molar-refractivity contribution >= 4 is 33.5 Å². The summed E-state index contributed by atoms with van der Waals surface area (Å²) in [5.41, 5.74) is 1.28. The number of benzene rings is 2. The Morgan fingerprint density at radius 3 is 2.57 bits per heavy atom. The van der Waals surface area contributed by atoms with Gasteiger partial charge in [-0.1, -0.05) is 6.07 Å². The highest BCUT2D eigenvalue weighted by molar-refractivity contribution is 9.10. The fraction of sp³-hybridized carbons (Fsp3) is 0.0667. The van der Waals surface area contributed by atoms with Crippen molar-refractivity contribution in [1.82, 2.24) is 0 Å². The lowest BCUT2D eigenvalue weighted by Gasteiger charge is -2.10. The molecule has 4 nitrogen and oxygen atoms in total. The van der Waals surface area contributed by atoms with Gasteiger partial charge in [-0.2, -0.15) is 0 Å². The fourth-order valence-corrected chi connectivity index (χ4v) is 2.18. The van der Waals surface area contributed by atoms with E-state index in [-0.39, 0.29) is 11.1 Å². The number of halogens is 2. The smallest absolute Gasteiger partial charge is 0.335 e. The molecule has 0 aliphatic rings. The van der Waals surface area contributed by atoms with Gasteiger partial charge in [-0.25, -0.2) is 9.18 Å². The Kier molecular flexibility index (Phi) is 4.37. The van der Waals surface area contributed by atoms with Gasteiger partial charge in [0, 0.05) is 10.2 Å². The molecular weight excluding hydrogens is 341 g/mol. The first kappa shape index (κ1) is 15.2. The Bertz CT molecular complexity index is 731. The van der Waals surface area contributed by atoms with Crippen LogP contribution >= 0.6 is 15.9 Å². The second kappa shape index (κ2) is 6.05. The third kappa shape index (κ3) is 3.46. The summed E-state index contributed by atoms with van der Waals surface area (Å²) in [6.07, 6.45) is 0. The van der Waals surface area contributed by atoms with Crippen molar-refractivity contribution in [1.29, 1.82) is 0 Å². The molecule has 0 saturated heterocycles. The van der Waals surface area contributed by atoms with Crippen LogP contribution in [0.4, 0.5) is 10.1 Å². The van der Waals surface area contributed by atoms with Crippen molar-refractivity contribution in [2.24, 2.45) is 0 Å². The van der Waals surface area contributed by atoms with Crippen LogP contribution in [0.15, 0.2) is 40.9 Å². The molecule has 0 heterocycles. The van der Waals surface area contributed by atoms with Gasteiger partial charge in [0.2, 0.25) is 0 Å². The Labute approximate surface area is 128 Å². The minimum Gasteiger partial charge on any atom is -0.478 e. The number of carboxylic acids is 1. The largest absolute Gasteiger partial charge is 0.478 e. The molecule has 0 unspecified atom stereocenters. The maximum Gasteiger partial charge on any atom is 0.335 e. The molecule has 0 fully saturated rings. The summed E-state index contributed by atoms with van der Waals surface area (Å²) in [5.74, 6) is -2.14.